The number of nitrogens with one attached hydrogen (secondary N) is 1. The van der Waals surface area contributed by atoms with Crippen molar-refractivity contribution in [2.24, 2.45) is 11.7 Å². The van der Waals surface area contributed by atoms with Crippen LogP contribution in [-0.2, 0) is 16.8 Å². The molecule has 2 aliphatic rings. The smallest absolute Gasteiger partial charge is 0.252 e. The third-order valence-corrected chi connectivity index (χ3v) is 6.80. The van der Waals surface area contributed by atoms with E-state index in [1.54, 1.807) is 10.9 Å². The summed E-state index contributed by atoms with van der Waals surface area (Å²) in [6.07, 6.45) is 6.95. The Kier molecular flexibility index (Phi) is 6.01. The average Bonchev–Trinajstić information content (AvgIpc) is 3.51. The molecule has 7 nitrogen and oxygen atoms in total. The van der Waals surface area contributed by atoms with E-state index in [2.05, 4.69) is 16.5 Å². The SMILES string of the molecule is N#CCC1(n2cc(C(N)=O)c(CC(=O)C3CC3)n2)CCC(Nc2ccccc2Cl)CC1. The lowest BCUT2D eigenvalue weighted by molar-refractivity contribution is -0.119. The van der Waals surface area contributed by atoms with Crippen LogP contribution in [-0.4, -0.2) is 27.5 Å². The first-order valence-corrected chi connectivity index (χ1v) is 11.1. The Morgan fingerprint density at radius 3 is 2.58 bits per heavy atom. The van der Waals surface area contributed by atoms with Crippen molar-refractivity contribution in [1.82, 2.24) is 9.78 Å². The molecule has 2 aromatic rings. The van der Waals surface area contributed by atoms with Gasteiger partial charge in [-0.2, -0.15) is 10.4 Å². The third-order valence-electron chi connectivity index (χ3n) is 6.47. The number of aromatic nitrogens is 2. The minimum Gasteiger partial charge on any atom is -0.381 e. The zero-order valence-corrected chi connectivity index (χ0v) is 18.1. The van der Waals surface area contributed by atoms with Gasteiger partial charge in [0.05, 0.1) is 46.4 Å². The Hall–Kier alpha value is -2.85. The molecule has 3 N–H and O–H groups in total. The quantitative estimate of drug-likeness (QED) is 0.648. The highest BCUT2D eigenvalue weighted by atomic mass is 35.5. The number of carbonyl (C=O) groups is 2. The van der Waals surface area contributed by atoms with E-state index in [0.717, 1.165) is 44.2 Å². The number of amides is 1. The van der Waals surface area contributed by atoms with E-state index >= 15 is 0 Å². The molecule has 2 aliphatic carbocycles. The molecule has 0 aliphatic heterocycles. The molecule has 0 atom stereocenters. The molecule has 162 valence electrons. The maximum absolute atomic E-state index is 12.3. The van der Waals surface area contributed by atoms with Gasteiger partial charge in [-0.3, -0.25) is 14.3 Å². The third kappa shape index (κ3) is 4.59. The summed E-state index contributed by atoms with van der Waals surface area (Å²) in [5.41, 5.74) is 6.67. The molecule has 0 saturated heterocycles. The molecule has 1 amide bonds. The Bertz CT molecular complexity index is 1030. The summed E-state index contributed by atoms with van der Waals surface area (Å²) < 4.78 is 1.73. The average molecular weight is 440 g/mol. The highest BCUT2D eigenvalue weighted by Gasteiger charge is 2.39. The summed E-state index contributed by atoms with van der Waals surface area (Å²) >= 11 is 6.27. The van der Waals surface area contributed by atoms with Gasteiger partial charge in [-0.15, -0.1) is 0 Å². The van der Waals surface area contributed by atoms with Crippen LogP contribution in [0, 0.1) is 17.2 Å². The molecule has 2 saturated carbocycles. The molecule has 0 spiro atoms. The highest BCUT2D eigenvalue weighted by molar-refractivity contribution is 6.33. The number of anilines is 1. The molecular formula is C23H26ClN5O2. The Morgan fingerprint density at radius 2 is 1.97 bits per heavy atom. The van der Waals surface area contributed by atoms with Crippen molar-refractivity contribution in [2.75, 3.05) is 5.32 Å². The fraction of sp³-hybridized carbons (Fsp3) is 0.478. The second kappa shape index (κ2) is 8.72. The number of hydrogen-bond donors (Lipinski definition) is 2. The van der Waals surface area contributed by atoms with Crippen LogP contribution in [0.1, 0.15) is 61.0 Å². The fourth-order valence-electron chi connectivity index (χ4n) is 4.44. The molecule has 31 heavy (non-hydrogen) atoms. The molecule has 8 heteroatoms. The zero-order chi connectivity index (χ0) is 22.0. The van der Waals surface area contributed by atoms with Crippen molar-refractivity contribution in [3.05, 3.63) is 46.7 Å². The van der Waals surface area contributed by atoms with Crippen molar-refractivity contribution in [1.29, 1.82) is 5.26 Å². The standard InChI is InChI=1S/C23H26ClN5O2/c24-18-3-1-2-4-19(18)27-16-7-9-23(10-8-16,11-12-25)29-14-17(22(26)31)20(28-29)13-21(30)15-5-6-15/h1-4,14-16,27H,5-11,13H2,(H2,26,31). The van der Waals surface area contributed by atoms with E-state index < -0.39 is 11.4 Å². The molecule has 1 aromatic heterocycles. The number of hydrogen-bond acceptors (Lipinski definition) is 5. The Morgan fingerprint density at radius 1 is 1.26 bits per heavy atom. The van der Waals surface area contributed by atoms with E-state index in [9.17, 15) is 14.9 Å². The summed E-state index contributed by atoms with van der Waals surface area (Å²) in [5, 5.41) is 18.3. The normalized spacial score (nSPS) is 23.2. The van der Waals surface area contributed by atoms with Crippen LogP contribution in [0.5, 0.6) is 0 Å². The van der Waals surface area contributed by atoms with Crippen LogP contribution in [0.2, 0.25) is 5.02 Å². The van der Waals surface area contributed by atoms with Crippen LogP contribution >= 0.6 is 11.6 Å². The predicted molar refractivity (Wildman–Crippen MR) is 118 cm³/mol. The molecule has 4 rings (SSSR count). The van der Waals surface area contributed by atoms with Crippen LogP contribution in [0.3, 0.4) is 0 Å². The lowest BCUT2D eigenvalue weighted by Gasteiger charge is -2.39. The maximum atomic E-state index is 12.3. The number of nitrogens with zero attached hydrogens (tertiary/aromatic N) is 3. The van der Waals surface area contributed by atoms with Crippen molar-refractivity contribution in [2.45, 2.75) is 62.9 Å². The number of nitriles is 1. The van der Waals surface area contributed by atoms with Gasteiger partial charge in [0.25, 0.3) is 5.91 Å². The van der Waals surface area contributed by atoms with E-state index in [1.165, 1.54) is 0 Å². The summed E-state index contributed by atoms with van der Waals surface area (Å²) in [6, 6.07) is 10.2. The van der Waals surface area contributed by atoms with Gasteiger partial charge in [0.2, 0.25) is 0 Å². The van der Waals surface area contributed by atoms with Crippen LogP contribution in [0.4, 0.5) is 5.69 Å². The maximum Gasteiger partial charge on any atom is 0.252 e. The molecule has 1 heterocycles. The highest BCUT2D eigenvalue weighted by Crippen LogP contribution is 2.39. The van der Waals surface area contributed by atoms with Crippen molar-refractivity contribution in [3.63, 3.8) is 0 Å². The number of Topliss-reactive ketones (excluding diaryl/α,β-unsaturated/α-hetero) is 1. The minimum absolute atomic E-state index is 0.0882. The van der Waals surface area contributed by atoms with Crippen molar-refractivity contribution < 1.29 is 9.59 Å². The molecule has 0 bridgehead atoms. The number of para-hydroxylation sites is 1. The Labute approximate surface area is 186 Å². The first-order valence-electron chi connectivity index (χ1n) is 10.7. The van der Waals surface area contributed by atoms with Gasteiger partial charge in [0.1, 0.15) is 5.78 Å². The fourth-order valence-corrected chi connectivity index (χ4v) is 4.63. The van der Waals surface area contributed by atoms with E-state index in [0.29, 0.717) is 10.7 Å². The summed E-state index contributed by atoms with van der Waals surface area (Å²) in [6.45, 7) is 0. The van der Waals surface area contributed by atoms with Gasteiger partial charge in [-0.1, -0.05) is 23.7 Å². The van der Waals surface area contributed by atoms with Crippen molar-refractivity contribution in [3.8, 4) is 6.07 Å². The monoisotopic (exact) mass is 439 g/mol. The predicted octanol–water partition coefficient (Wildman–Crippen LogP) is 3.82. The van der Waals surface area contributed by atoms with Crippen molar-refractivity contribution >= 4 is 29.0 Å². The number of ketones is 1. The van der Waals surface area contributed by atoms with Gasteiger partial charge in [0, 0.05) is 18.2 Å². The van der Waals surface area contributed by atoms with Gasteiger partial charge < -0.3 is 11.1 Å². The van der Waals surface area contributed by atoms with Gasteiger partial charge in [-0.25, -0.2) is 0 Å². The first-order chi connectivity index (χ1) is 14.9. The molecule has 2 fully saturated rings. The zero-order valence-electron chi connectivity index (χ0n) is 17.3. The van der Waals surface area contributed by atoms with Gasteiger partial charge in [0.15, 0.2) is 0 Å². The number of nitrogens with two attached hydrogens (primary N) is 1. The minimum atomic E-state index is -0.592. The van der Waals surface area contributed by atoms with Crippen LogP contribution in [0.25, 0.3) is 0 Å². The lowest BCUT2D eigenvalue weighted by Crippen LogP contribution is -2.41. The molecule has 1 aromatic carbocycles. The number of benzene rings is 1. The lowest BCUT2D eigenvalue weighted by atomic mass is 9.77. The summed E-state index contributed by atoms with van der Waals surface area (Å²) in [5.74, 6) is -0.397. The molecular weight excluding hydrogens is 414 g/mol. The van der Waals surface area contributed by atoms with Gasteiger partial charge >= 0.3 is 0 Å². The topological polar surface area (TPSA) is 114 Å². The number of carbonyl (C=O) groups excluding carboxylic acids is 2. The number of rotatable bonds is 8. The van der Waals surface area contributed by atoms with E-state index in [4.69, 9.17) is 17.3 Å². The van der Waals surface area contributed by atoms with E-state index in [-0.39, 0.29) is 36.1 Å². The number of primary amides is 1. The molecule has 0 radical (unpaired) electrons. The second-order valence-corrected chi connectivity index (χ2v) is 9.08. The van der Waals surface area contributed by atoms with E-state index in [1.807, 2.05) is 24.3 Å². The summed E-state index contributed by atoms with van der Waals surface area (Å²) in [7, 11) is 0. The van der Waals surface area contributed by atoms with Crippen LogP contribution < -0.4 is 11.1 Å². The second-order valence-electron chi connectivity index (χ2n) is 8.67. The molecule has 0 unspecified atom stereocenters. The summed E-state index contributed by atoms with van der Waals surface area (Å²) in [4.78, 5) is 24.3. The largest absolute Gasteiger partial charge is 0.381 e. The first kappa shape index (κ1) is 21.4. The van der Waals surface area contributed by atoms with Gasteiger partial charge in [-0.05, 0) is 50.7 Å². The van der Waals surface area contributed by atoms with Crippen LogP contribution in [0.15, 0.2) is 30.5 Å². The number of halogens is 1. The Balaban J connectivity index is 1.53.